The van der Waals surface area contributed by atoms with Crippen molar-refractivity contribution < 1.29 is 9.90 Å². The standard InChI is InChI=1S/C13H25NO2/c1-10(13(2,3)4)9-12(16)14-7-5-11(15)6-8-14/h10-11,15H,5-9H2,1-4H3. The highest BCUT2D eigenvalue weighted by Gasteiger charge is 2.27. The van der Waals surface area contributed by atoms with Crippen LogP contribution in [-0.4, -0.2) is 35.1 Å². The highest BCUT2D eigenvalue weighted by atomic mass is 16.3. The van der Waals surface area contributed by atoms with E-state index in [9.17, 15) is 9.90 Å². The molecule has 0 spiro atoms. The molecule has 0 bridgehead atoms. The van der Waals surface area contributed by atoms with Crippen molar-refractivity contribution in [1.29, 1.82) is 0 Å². The highest BCUT2D eigenvalue weighted by Crippen LogP contribution is 2.28. The maximum absolute atomic E-state index is 12.0. The van der Waals surface area contributed by atoms with E-state index < -0.39 is 0 Å². The first-order chi connectivity index (χ1) is 7.30. The maximum atomic E-state index is 12.0. The second-order valence-electron chi connectivity index (χ2n) is 6.08. The van der Waals surface area contributed by atoms with Crippen LogP contribution in [0.5, 0.6) is 0 Å². The molecular weight excluding hydrogens is 202 g/mol. The van der Waals surface area contributed by atoms with Gasteiger partial charge in [0, 0.05) is 19.5 Å². The quantitative estimate of drug-likeness (QED) is 0.784. The second-order valence-corrected chi connectivity index (χ2v) is 6.08. The summed E-state index contributed by atoms with van der Waals surface area (Å²) in [4.78, 5) is 13.9. The molecule has 0 radical (unpaired) electrons. The first-order valence-electron chi connectivity index (χ1n) is 6.26. The Morgan fingerprint density at radius 1 is 1.38 bits per heavy atom. The van der Waals surface area contributed by atoms with E-state index in [2.05, 4.69) is 27.7 Å². The second kappa shape index (κ2) is 5.17. The molecule has 3 heteroatoms. The normalized spacial score (nSPS) is 20.9. The van der Waals surface area contributed by atoms with Gasteiger partial charge in [0.05, 0.1) is 6.10 Å². The lowest BCUT2D eigenvalue weighted by Gasteiger charge is -2.33. The number of hydrogen-bond donors (Lipinski definition) is 1. The third-order valence-corrected chi connectivity index (χ3v) is 3.78. The number of aliphatic hydroxyl groups excluding tert-OH is 1. The minimum Gasteiger partial charge on any atom is -0.393 e. The molecule has 16 heavy (non-hydrogen) atoms. The van der Waals surface area contributed by atoms with E-state index in [1.54, 1.807) is 0 Å². The van der Waals surface area contributed by atoms with Crippen molar-refractivity contribution in [2.24, 2.45) is 11.3 Å². The van der Waals surface area contributed by atoms with Crippen molar-refractivity contribution in [3.63, 3.8) is 0 Å². The SMILES string of the molecule is CC(CC(=O)N1CCC(O)CC1)C(C)(C)C. The van der Waals surface area contributed by atoms with Gasteiger partial charge in [-0.25, -0.2) is 0 Å². The predicted octanol–water partition coefficient (Wildman–Crippen LogP) is 2.04. The van der Waals surface area contributed by atoms with Crippen molar-refractivity contribution in [2.45, 2.75) is 53.1 Å². The maximum Gasteiger partial charge on any atom is 0.222 e. The molecule has 1 amide bonds. The molecule has 3 nitrogen and oxygen atoms in total. The summed E-state index contributed by atoms with van der Waals surface area (Å²) in [7, 11) is 0. The van der Waals surface area contributed by atoms with E-state index in [-0.39, 0.29) is 17.4 Å². The summed E-state index contributed by atoms with van der Waals surface area (Å²) in [6.45, 7) is 10.1. The van der Waals surface area contributed by atoms with Crippen LogP contribution >= 0.6 is 0 Å². The zero-order valence-corrected chi connectivity index (χ0v) is 11.0. The lowest BCUT2D eigenvalue weighted by molar-refractivity contribution is -0.134. The summed E-state index contributed by atoms with van der Waals surface area (Å²) in [5, 5.41) is 9.38. The van der Waals surface area contributed by atoms with E-state index in [4.69, 9.17) is 0 Å². The fourth-order valence-corrected chi connectivity index (χ4v) is 1.81. The van der Waals surface area contributed by atoms with Crippen LogP contribution in [0.3, 0.4) is 0 Å². The van der Waals surface area contributed by atoms with Gasteiger partial charge < -0.3 is 10.0 Å². The number of carbonyl (C=O) groups is 1. The number of carbonyl (C=O) groups excluding carboxylic acids is 1. The molecule has 0 aromatic carbocycles. The average Bonchev–Trinajstić information content (AvgIpc) is 2.17. The van der Waals surface area contributed by atoms with Crippen molar-refractivity contribution in [3.05, 3.63) is 0 Å². The van der Waals surface area contributed by atoms with Gasteiger partial charge >= 0.3 is 0 Å². The Kier molecular flexibility index (Phi) is 4.36. The molecule has 0 aromatic heterocycles. The van der Waals surface area contributed by atoms with E-state index in [0.29, 0.717) is 12.3 Å². The summed E-state index contributed by atoms with van der Waals surface area (Å²) < 4.78 is 0. The Hall–Kier alpha value is -0.570. The van der Waals surface area contributed by atoms with Crippen molar-refractivity contribution >= 4 is 5.91 Å². The van der Waals surface area contributed by atoms with E-state index in [0.717, 1.165) is 25.9 Å². The third kappa shape index (κ3) is 3.78. The first-order valence-corrected chi connectivity index (χ1v) is 6.26. The number of piperidine rings is 1. The largest absolute Gasteiger partial charge is 0.393 e. The van der Waals surface area contributed by atoms with Crippen LogP contribution in [0.25, 0.3) is 0 Å². The van der Waals surface area contributed by atoms with E-state index >= 15 is 0 Å². The smallest absolute Gasteiger partial charge is 0.222 e. The zero-order chi connectivity index (χ0) is 12.3. The van der Waals surface area contributed by atoms with Crippen molar-refractivity contribution in [1.82, 2.24) is 4.90 Å². The molecule has 1 aliphatic rings. The summed E-state index contributed by atoms with van der Waals surface area (Å²) >= 11 is 0. The molecule has 1 saturated heterocycles. The Balaban J connectivity index is 2.41. The van der Waals surface area contributed by atoms with E-state index in [1.807, 2.05) is 4.90 Å². The summed E-state index contributed by atoms with van der Waals surface area (Å²) in [5.74, 6) is 0.640. The van der Waals surface area contributed by atoms with Gasteiger partial charge in [0.15, 0.2) is 0 Å². The Bertz CT molecular complexity index is 237. The van der Waals surface area contributed by atoms with Crippen LogP contribution in [-0.2, 0) is 4.79 Å². The molecule has 94 valence electrons. The van der Waals surface area contributed by atoms with Crippen molar-refractivity contribution in [2.75, 3.05) is 13.1 Å². The van der Waals surface area contributed by atoms with E-state index in [1.165, 1.54) is 0 Å². The summed E-state index contributed by atoms with van der Waals surface area (Å²) in [5.41, 5.74) is 0.185. The van der Waals surface area contributed by atoms with Gasteiger partial charge in [-0.1, -0.05) is 27.7 Å². The highest BCUT2D eigenvalue weighted by molar-refractivity contribution is 5.76. The monoisotopic (exact) mass is 227 g/mol. The van der Waals surface area contributed by atoms with Crippen LogP contribution < -0.4 is 0 Å². The number of nitrogens with zero attached hydrogens (tertiary/aromatic N) is 1. The van der Waals surface area contributed by atoms with Crippen LogP contribution in [0.4, 0.5) is 0 Å². The molecule has 1 rings (SSSR count). The third-order valence-electron chi connectivity index (χ3n) is 3.78. The van der Waals surface area contributed by atoms with Gasteiger partial charge in [0.1, 0.15) is 0 Å². The van der Waals surface area contributed by atoms with Crippen LogP contribution in [0.15, 0.2) is 0 Å². The number of aliphatic hydroxyl groups is 1. The summed E-state index contributed by atoms with van der Waals surface area (Å²) in [6.07, 6.45) is 1.88. The predicted molar refractivity (Wildman–Crippen MR) is 65.1 cm³/mol. The van der Waals surface area contributed by atoms with Gasteiger partial charge in [-0.3, -0.25) is 4.79 Å². The topological polar surface area (TPSA) is 40.5 Å². The molecule has 1 atom stereocenters. The van der Waals surface area contributed by atoms with Gasteiger partial charge in [-0.2, -0.15) is 0 Å². The molecule has 1 unspecified atom stereocenters. The van der Waals surface area contributed by atoms with Gasteiger partial charge in [0.2, 0.25) is 5.91 Å². The van der Waals surface area contributed by atoms with Crippen LogP contribution in [0.1, 0.15) is 47.0 Å². The molecule has 0 saturated carbocycles. The lowest BCUT2D eigenvalue weighted by Crippen LogP contribution is -2.41. The number of rotatable bonds is 2. The molecule has 1 N–H and O–H groups in total. The molecule has 0 aromatic rings. The Labute approximate surface area is 98.8 Å². The average molecular weight is 227 g/mol. The molecule has 1 aliphatic heterocycles. The number of hydrogen-bond acceptors (Lipinski definition) is 2. The zero-order valence-electron chi connectivity index (χ0n) is 11.0. The molecule has 0 aliphatic carbocycles. The minimum atomic E-state index is -0.205. The lowest BCUT2D eigenvalue weighted by atomic mass is 9.80. The number of amides is 1. The van der Waals surface area contributed by atoms with Crippen molar-refractivity contribution in [3.8, 4) is 0 Å². The number of likely N-dealkylation sites (tertiary alicyclic amines) is 1. The fourth-order valence-electron chi connectivity index (χ4n) is 1.81. The van der Waals surface area contributed by atoms with Crippen LogP contribution in [0, 0.1) is 11.3 Å². The first kappa shape index (κ1) is 13.5. The minimum absolute atomic E-state index is 0.185. The van der Waals surface area contributed by atoms with Crippen LogP contribution in [0.2, 0.25) is 0 Å². The fraction of sp³-hybridized carbons (Fsp3) is 0.923. The Morgan fingerprint density at radius 2 is 1.88 bits per heavy atom. The molecular formula is C13H25NO2. The van der Waals surface area contributed by atoms with Gasteiger partial charge in [0.25, 0.3) is 0 Å². The Morgan fingerprint density at radius 3 is 2.31 bits per heavy atom. The molecule has 1 heterocycles. The van der Waals surface area contributed by atoms with Gasteiger partial charge in [-0.05, 0) is 24.2 Å². The van der Waals surface area contributed by atoms with Gasteiger partial charge in [-0.15, -0.1) is 0 Å². The molecule has 1 fully saturated rings. The summed E-state index contributed by atoms with van der Waals surface area (Å²) in [6, 6.07) is 0.